The number of ether oxygens (including phenoxy) is 1. The second-order valence-electron chi connectivity index (χ2n) is 6.23. The number of nitrogen functional groups attached to an aromatic ring is 1. The number of nitrogens with one attached hydrogen (secondary N) is 1. The molecule has 0 aliphatic heterocycles. The minimum atomic E-state index is -0.196. The molecule has 140 valence electrons. The van der Waals surface area contributed by atoms with Crippen molar-refractivity contribution in [2.45, 2.75) is 43.2 Å². The highest BCUT2D eigenvalue weighted by Crippen LogP contribution is 2.32. The number of nitrogens with zero attached hydrogens (tertiary/aromatic N) is 3. The summed E-state index contributed by atoms with van der Waals surface area (Å²) in [7, 11) is 1.54. The van der Waals surface area contributed by atoms with E-state index >= 15 is 0 Å². The van der Waals surface area contributed by atoms with Gasteiger partial charge in [-0.15, -0.1) is 10.2 Å². The van der Waals surface area contributed by atoms with Crippen LogP contribution in [0, 0.1) is 0 Å². The largest absolute Gasteiger partial charge is 0.495 e. The van der Waals surface area contributed by atoms with E-state index < -0.39 is 0 Å². The molecule has 1 heterocycles. The zero-order chi connectivity index (χ0) is 18.5. The van der Waals surface area contributed by atoms with Gasteiger partial charge in [0, 0.05) is 10.9 Å². The molecule has 1 aromatic heterocycles. The quantitative estimate of drug-likeness (QED) is 0.574. The van der Waals surface area contributed by atoms with Gasteiger partial charge < -0.3 is 15.9 Å². The van der Waals surface area contributed by atoms with Gasteiger partial charge in [0.05, 0.1) is 18.6 Å². The molecule has 0 radical (unpaired) electrons. The van der Waals surface area contributed by atoms with Gasteiger partial charge in [-0.1, -0.05) is 42.6 Å². The Labute approximate surface area is 161 Å². The highest BCUT2D eigenvalue weighted by atomic mass is 35.5. The van der Waals surface area contributed by atoms with Crippen molar-refractivity contribution in [3.8, 4) is 5.75 Å². The Morgan fingerprint density at radius 1 is 1.38 bits per heavy atom. The molecule has 2 aromatic rings. The monoisotopic (exact) mass is 395 g/mol. The SMILES string of the molecule is COc1ccc(Cl)cc1NC(=O)CSc1nnc(C2CCCCC2)n1N. The fourth-order valence-electron chi connectivity index (χ4n) is 3.12. The molecule has 0 unspecified atom stereocenters. The van der Waals surface area contributed by atoms with Gasteiger partial charge in [0.15, 0.2) is 5.82 Å². The van der Waals surface area contributed by atoms with Crippen LogP contribution < -0.4 is 15.9 Å². The minimum Gasteiger partial charge on any atom is -0.495 e. The molecule has 7 nitrogen and oxygen atoms in total. The number of amides is 1. The zero-order valence-corrected chi connectivity index (χ0v) is 16.1. The van der Waals surface area contributed by atoms with Crippen LogP contribution in [0.3, 0.4) is 0 Å². The van der Waals surface area contributed by atoms with Gasteiger partial charge in [0.1, 0.15) is 5.75 Å². The second-order valence-corrected chi connectivity index (χ2v) is 7.61. The molecule has 0 bridgehead atoms. The number of anilines is 1. The molecule has 3 N–H and O–H groups in total. The Hall–Kier alpha value is -1.93. The zero-order valence-electron chi connectivity index (χ0n) is 14.6. The summed E-state index contributed by atoms with van der Waals surface area (Å²) >= 11 is 7.23. The first-order valence-electron chi connectivity index (χ1n) is 8.55. The maximum atomic E-state index is 12.3. The van der Waals surface area contributed by atoms with Crippen molar-refractivity contribution in [1.82, 2.24) is 14.9 Å². The molecule has 1 aliphatic rings. The van der Waals surface area contributed by atoms with E-state index in [4.69, 9.17) is 22.2 Å². The summed E-state index contributed by atoms with van der Waals surface area (Å²) < 4.78 is 6.75. The topological polar surface area (TPSA) is 95.1 Å². The van der Waals surface area contributed by atoms with E-state index in [1.165, 1.54) is 42.8 Å². The van der Waals surface area contributed by atoms with Crippen molar-refractivity contribution in [1.29, 1.82) is 0 Å². The number of hydrogen-bond donors (Lipinski definition) is 2. The van der Waals surface area contributed by atoms with Crippen LogP contribution in [0.15, 0.2) is 23.4 Å². The standard InChI is InChI=1S/C17H22ClN5O2S/c1-25-14-8-7-12(18)9-13(14)20-15(24)10-26-17-22-21-16(23(17)19)11-5-3-2-4-6-11/h7-9,11H,2-6,10,19H2,1H3,(H,20,24). The van der Waals surface area contributed by atoms with Gasteiger partial charge in [0.2, 0.25) is 11.1 Å². The molecular weight excluding hydrogens is 374 g/mol. The Morgan fingerprint density at radius 2 is 2.15 bits per heavy atom. The predicted molar refractivity (Wildman–Crippen MR) is 103 cm³/mol. The van der Waals surface area contributed by atoms with Crippen LogP contribution in [0.4, 0.5) is 5.69 Å². The van der Waals surface area contributed by atoms with E-state index in [-0.39, 0.29) is 11.7 Å². The Balaban J connectivity index is 1.60. The number of hydrogen-bond acceptors (Lipinski definition) is 6. The maximum absolute atomic E-state index is 12.3. The summed E-state index contributed by atoms with van der Waals surface area (Å²) in [4.78, 5) is 12.3. The molecule has 1 aromatic carbocycles. The fourth-order valence-corrected chi connectivity index (χ4v) is 3.96. The first kappa shape index (κ1) is 18.8. The van der Waals surface area contributed by atoms with Gasteiger partial charge in [-0.25, -0.2) is 4.68 Å². The van der Waals surface area contributed by atoms with Crippen LogP contribution in [0.5, 0.6) is 5.75 Å². The van der Waals surface area contributed by atoms with E-state index in [1.807, 2.05) is 0 Å². The van der Waals surface area contributed by atoms with E-state index in [2.05, 4.69) is 15.5 Å². The second kappa shape index (κ2) is 8.64. The van der Waals surface area contributed by atoms with Crippen LogP contribution >= 0.6 is 23.4 Å². The molecule has 1 fully saturated rings. The number of methoxy groups -OCH3 is 1. The molecule has 1 amide bonds. The summed E-state index contributed by atoms with van der Waals surface area (Å²) in [5.41, 5.74) is 0.530. The Kier molecular flexibility index (Phi) is 6.26. The molecular formula is C17H22ClN5O2S. The molecule has 9 heteroatoms. The number of aromatic nitrogens is 3. The normalized spacial score (nSPS) is 15.0. The van der Waals surface area contributed by atoms with Crippen molar-refractivity contribution >= 4 is 35.0 Å². The van der Waals surface area contributed by atoms with Gasteiger partial charge in [-0.3, -0.25) is 4.79 Å². The lowest BCUT2D eigenvalue weighted by atomic mass is 9.89. The van der Waals surface area contributed by atoms with E-state index in [1.54, 1.807) is 18.2 Å². The van der Waals surface area contributed by atoms with Gasteiger partial charge >= 0.3 is 0 Å². The number of halogens is 1. The Bertz CT molecular complexity index is 777. The van der Waals surface area contributed by atoms with Crippen LogP contribution in [-0.4, -0.2) is 33.6 Å². The molecule has 0 spiro atoms. The maximum Gasteiger partial charge on any atom is 0.234 e. The number of benzene rings is 1. The number of thioether (sulfide) groups is 1. The summed E-state index contributed by atoms with van der Waals surface area (Å²) in [5, 5.41) is 12.2. The summed E-state index contributed by atoms with van der Waals surface area (Å²) in [6.07, 6.45) is 5.85. The highest BCUT2D eigenvalue weighted by molar-refractivity contribution is 7.99. The van der Waals surface area contributed by atoms with E-state index in [0.717, 1.165) is 18.7 Å². The number of carbonyl (C=O) groups excluding carboxylic acids is 1. The average Bonchev–Trinajstić information content (AvgIpc) is 3.01. The lowest BCUT2D eigenvalue weighted by molar-refractivity contribution is -0.113. The highest BCUT2D eigenvalue weighted by Gasteiger charge is 2.23. The molecule has 1 aliphatic carbocycles. The lowest BCUT2D eigenvalue weighted by Gasteiger charge is -2.20. The van der Waals surface area contributed by atoms with Crippen molar-refractivity contribution < 1.29 is 9.53 Å². The summed E-state index contributed by atoms with van der Waals surface area (Å²) in [5.74, 6) is 7.83. The van der Waals surface area contributed by atoms with Crippen LogP contribution in [0.2, 0.25) is 5.02 Å². The Morgan fingerprint density at radius 3 is 2.88 bits per heavy atom. The number of rotatable bonds is 6. The van der Waals surface area contributed by atoms with Gasteiger partial charge in [0.25, 0.3) is 0 Å². The first-order chi connectivity index (χ1) is 12.6. The fraction of sp³-hybridized carbons (Fsp3) is 0.471. The molecule has 3 rings (SSSR count). The van der Waals surface area contributed by atoms with Crippen molar-refractivity contribution in [2.24, 2.45) is 0 Å². The number of nitrogens with two attached hydrogens (primary N) is 1. The smallest absolute Gasteiger partial charge is 0.234 e. The van der Waals surface area contributed by atoms with Crippen molar-refractivity contribution in [3.05, 3.63) is 29.0 Å². The average molecular weight is 396 g/mol. The molecule has 0 atom stereocenters. The summed E-state index contributed by atoms with van der Waals surface area (Å²) in [6.45, 7) is 0. The molecule has 1 saturated carbocycles. The predicted octanol–water partition coefficient (Wildman–Crippen LogP) is 3.43. The van der Waals surface area contributed by atoms with E-state index in [9.17, 15) is 4.79 Å². The minimum absolute atomic E-state index is 0.162. The third kappa shape index (κ3) is 4.42. The van der Waals surface area contributed by atoms with E-state index in [0.29, 0.717) is 27.5 Å². The third-order valence-corrected chi connectivity index (χ3v) is 5.61. The van der Waals surface area contributed by atoms with Crippen molar-refractivity contribution in [2.75, 3.05) is 24.0 Å². The first-order valence-corrected chi connectivity index (χ1v) is 9.91. The van der Waals surface area contributed by atoms with Crippen molar-refractivity contribution in [3.63, 3.8) is 0 Å². The summed E-state index contributed by atoms with van der Waals surface area (Å²) in [6, 6.07) is 5.06. The van der Waals surface area contributed by atoms with Crippen LogP contribution in [-0.2, 0) is 4.79 Å². The number of carbonyl (C=O) groups is 1. The van der Waals surface area contributed by atoms with Crippen LogP contribution in [0.25, 0.3) is 0 Å². The molecule has 0 saturated heterocycles. The van der Waals surface area contributed by atoms with Crippen LogP contribution in [0.1, 0.15) is 43.8 Å². The van der Waals surface area contributed by atoms with Gasteiger partial charge in [-0.05, 0) is 31.0 Å². The molecule has 26 heavy (non-hydrogen) atoms. The third-order valence-electron chi connectivity index (χ3n) is 4.43. The van der Waals surface area contributed by atoms with Gasteiger partial charge in [-0.2, -0.15) is 0 Å². The lowest BCUT2D eigenvalue weighted by Crippen LogP contribution is -2.20.